The Balaban J connectivity index is -0.00000171. The van der Waals surface area contributed by atoms with E-state index in [1.165, 1.54) is 18.9 Å². The molecule has 0 heterocycles. The van der Waals surface area contributed by atoms with E-state index in [2.05, 4.69) is 58.1 Å². The van der Waals surface area contributed by atoms with Gasteiger partial charge in [0.1, 0.15) is 13.2 Å². The van der Waals surface area contributed by atoms with Crippen molar-refractivity contribution in [1.82, 2.24) is 5.32 Å². The number of nitrogens with one attached hydrogen (secondary N) is 1. The Morgan fingerprint density at radius 1 is 0.778 bits per heavy atom. The zero-order valence-electron chi connectivity index (χ0n) is 22.1. The molecule has 218 valence electrons. The molecule has 36 heavy (non-hydrogen) atoms. The van der Waals surface area contributed by atoms with Crippen molar-refractivity contribution in [2.45, 2.75) is 107 Å². The monoisotopic (exact) mass is 569 g/mol. The number of ether oxygens (including phenoxy) is 3. The quantitative estimate of drug-likeness (QED) is 0.0815. The van der Waals surface area contributed by atoms with Gasteiger partial charge in [-0.15, -0.1) is 0 Å². The van der Waals surface area contributed by atoms with Crippen LogP contribution in [0.5, 0.6) is 0 Å². The maximum atomic E-state index is 11.6. The fraction of sp³-hybridized carbons (Fsp3) is 0.840. The average Bonchev–Trinajstić information content (AvgIpc) is 2.66. The lowest BCUT2D eigenvalue weighted by Gasteiger charge is -2.38. The third-order valence-corrected chi connectivity index (χ3v) is 16.1. The highest BCUT2D eigenvalue weighted by Crippen LogP contribution is 2.26. The molecule has 0 aliphatic heterocycles. The first-order chi connectivity index (χ1) is 15.2. The van der Waals surface area contributed by atoms with Crippen LogP contribution in [-0.2, 0) is 27.2 Å². The summed E-state index contributed by atoms with van der Waals surface area (Å²) in [6.45, 7) is 22.0. The fourth-order valence-corrected chi connectivity index (χ4v) is 17.6. The van der Waals surface area contributed by atoms with Gasteiger partial charge in [-0.2, -0.15) is 0 Å². The second-order valence-electron chi connectivity index (χ2n) is 9.92. The zero-order valence-corrected chi connectivity index (χ0v) is 25.1. The molecule has 0 aromatic carbocycles. The van der Waals surface area contributed by atoms with Crippen LogP contribution >= 0.6 is 0 Å². The van der Waals surface area contributed by atoms with Gasteiger partial charge in [0.2, 0.25) is 0 Å². The Bertz CT molecular complexity index is 614. The van der Waals surface area contributed by atoms with Crippen LogP contribution < -0.4 is 5.32 Å². The molecule has 8 nitrogen and oxygen atoms in total. The first kappa shape index (κ1) is 42.1. The maximum absolute atomic E-state index is 11.6. The molecular weight excluding hydrogens is 511 g/mol. The van der Waals surface area contributed by atoms with E-state index in [0.717, 1.165) is 12.5 Å². The molecule has 0 rings (SSSR count). The fourth-order valence-electron chi connectivity index (χ4n) is 3.42. The van der Waals surface area contributed by atoms with E-state index >= 15 is 0 Å². The lowest BCUT2D eigenvalue weighted by molar-refractivity contribution is -0.138. The second-order valence-corrected chi connectivity index (χ2v) is 22.4. The van der Waals surface area contributed by atoms with Gasteiger partial charge in [-0.3, -0.25) is 0 Å². The minimum absolute atomic E-state index is 0. The smallest absolute Gasteiger partial charge is 0.407 e. The van der Waals surface area contributed by atoms with Gasteiger partial charge in [0.15, 0.2) is 16.6 Å². The van der Waals surface area contributed by atoms with Gasteiger partial charge in [0, 0.05) is 12.2 Å². The van der Waals surface area contributed by atoms with E-state index in [9.17, 15) is 9.59 Å². The molecule has 0 fully saturated rings. The van der Waals surface area contributed by atoms with Crippen LogP contribution in [-0.4, -0.2) is 70.2 Å². The molecular formula is C25H59NO7Si3. The number of amides is 1. The van der Waals surface area contributed by atoms with Crippen LogP contribution in [0.25, 0.3) is 0 Å². The Hall–Kier alpha value is -0.989. The largest absolute Gasteiger partial charge is 0.460 e. The van der Waals surface area contributed by atoms with Crippen LogP contribution in [0.3, 0.4) is 0 Å². The third-order valence-electron chi connectivity index (χ3n) is 4.66. The molecule has 0 radical (unpaired) electrons. The average molecular weight is 570 g/mol. The van der Waals surface area contributed by atoms with Crippen molar-refractivity contribution < 1.29 is 32.0 Å². The summed E-state index contributed by atoms with van der Waals surface area (Å²) in [6.07, 6.45) is 2.76. The first-order valence-corrected chi connectivity index (χ1v) is 21.0. The third kappa shape index (κ3) is 23.4. The van der Waals surface area contributed by atoms with E-state index in [4.69, 9.17) is 22.4 Å². The predicted molar refractivity (Wildman–Crippen MR) is 160 cm³/mol. The number of hydrogen-bond donors (Lipinski definition) is 1. The summed E-state index contributed by atoms with van der Waals surface area (Å²) < 4.78 is 28.7. The maximum Gasteiger partial charge on any atom is 0.407 e. The van der Waals surface area contributed by atoms with Crippen LogP contribution in [0.2, 0.25) is 51.4 Å². The van der Waals surface area contributed by atoms with E-state index in [0.29, 0.717) is 18.8 Å². The van der Waals surface area contributed by atoms with E-state index in [1.807, 2.05) is 0 Å². The van der Waals surface area contributed by atoms with Gasteiger partial charge in [0.25, 0.3) is 0 Å². The molecule has 0 aromatic heterocycles. The van der Waals surface area contributed by atoms with Crippen molar-refractivity contribution in [3.63, 3.8) is 0 Å². The van der Waals surface area contributed by atoms with E-state index in [-0.39, 0.29) is 42.0 Å². The molecule has 1 amide bonds. The predicted octanol–water partition coefficient (Wildman–Crippen LogP) is 7.09. The van der Waals surface area contributed by atoms with Gasteiger partial charge < -0.3 is 27.8 Å². The lowest BCUT2D eigenvalue weighted by atomic mass is 10.4. The highest BCUT2D eigenvalue weighted by atomic mass is 28.5. The van der Waals surface area contributed by atoms with E-state index < -0.39 is 37.3 Å². The molecule has 0 aliphatic rings. The molecule has 0 unspecified atom stereocenters. The van der Waals surface area contributed by atoms with Gasteiger partial charge in [-0.25, -0.2) is 9.59 Å². The summed E-state index contributed by atoms with van der Waals surface area (Å²) in [7, 11) is -5.69. The highest BCUT2D eigenvalue weighted by Gasteiger charge is 2.39. The molecule has 1 N–H and O–H groups in total. The number of carbonyl (C=O) groups excluding carboxylic acids is 2. The molecule has 0 saturated carbocycles. The Morgan fingerprint density at radius 3 is 1.81 bits per heavy atom. The first-order valence-electron chi connectivity index (χ1n) is 11.9. The summed E-state index contributed by atoms with van der Waals surface area (Å²) in [5.41, 5.74) is 0.319. The van der Waals surface area contributed by atoms with Crippen LogP contribution in [0, 0.1) is 0 Å². The summed E-state index contributed by atoms with van der Waals surface area (Å²) in [5.74, 6) is -0.480. The number of hydrogen-bond acceptors (Lipinski definition) is 7. The van der Waals surface area contributed by atoms with Crippen molar-refractivity contribution in [3.8, 4) is 0 Å². The Morgan fingerprint density at radius 2 is 1.31 bits per heavy atom. The van der Waals surface area contributed by atoms with Crippen LogP contribution in [0.15, 0.2) is 12.2 Å². The highest BCUT2D eigenvalue weighted by molar-refractivity contribution is 6.87. The van der Waals surface area contributed by atoms with Crippen molar-refractivity contribution in [1.29, 1.82) is 0 Å². The lowest BCUT2D eigenvalue weighted by Crippen LogP contribution is -2.52. The number of unbranched alkanes of at least 4 members (excludes halogenated alkanes) is 1. The van der Waals surface area contributed by atoms with Crippen LogP contribution in [0.4, 0.5) is 4.79 Å². The number of rotatable bonds is 18. The van der Waals surface area contributed by atoms with Gasteiger partial charge in [-0.1, -0.05) is 48.6 Å². The summed E-state index contributed by atoms with van der Waals surface area (Å²) in [5, 5.41) is 2.51. The minimum Gasteiger partial charge on any atom is -0.460 e. The summed E-state index contributed by atoms with van der Waals surface area (Å²) in [4.78, 5) is 22.8. The molecule has 0 saturated heterocycles. The Labute approximate surface area is 226 Å². The summed E-state index contributed by atoms with van der Waals surface area (Å²) in [6, 6.07) is 2.18. The number of esters is 1. The van der Waals surface area contributed by atoms with Crippen molar-refractivity contribution in [3.05, 3.63) is 12.2 Å². The molecule has 0 spiro atoms. The number of carbonyl (C=O) groups is 2. The summed E-state index contributed by atoms with van der Waals surface area (Å²) >= 11 is 0. The normalized spacial score (nSPS) is 11.3. The minimum atomic E-state index is -2.16. The standard InChI is InChI=1S/C22H47NO7Si3.3CH4/c1-10-11-18-31(4,5)29-33(8,9)30-32(6,7)19-12-14-26-16-17-28-22(25)23-13-15-27-21(24)20(2)3;;;/h2,10-19H2,1,3-9H3,(H,23,25);3*1H4. The van der Waals surface area contributed by atoms with Crippen molar-refractivity contribution in [2.24, 2.45) is 0 Å². The molecule has 0 atom stereocenters. The van der Waals surface area contributed by atoms with Crippen molar-refractivity contribution in [2.75, 3.05) is 33.0 Å². The molecule has 11 heteroatoms. The van der Waals surface area contributed by atoms with Crippen molar-refractivity contribution >= 4 is 37.3 Å². The van der Waals surface area contributed by atoms with Gasteiger partial charge in [0.05, 0.1) is 13.2 Å². The number of alkyl carbamates (subject to hydrolysis) is 1. The SMILES string of the molecule is C.C.C.C=C(C)C(=O)OCCNC(=O)OCCOCCC[Si](C)(C)O[Si](C)(C)O[Si](C)(C)CCCC. The molecule has 0 bridgehead atoms. The molecule has 0 aliphatic carbocycles. The Kier molecular flexibility index (Phi) is 24.6. The molecule has 0 aromatic rings. The zero-order chi connectivity index (χ0) is 25.5. The van der Waals surface area contributed by atoms with E-state index in [1.54, 1.807) is 6.92 Å². The topological polar surface area (TPSA) is 92.3 Å². The van der Waals surface area contributed by atoms with Crippen LogP contribution in [0.1, 0.15) is 55.4 Å². The van der Waals surface area contributed by atoms with Gasteiger partial charge >= 0.3 is 20.6 Å². The second kappa shape index (κ2) is 21.0. The van der Waals surface area contributed by atoms with Gasteiger partial charge in [-0.05, 0) is 64.7 Å².